The van der Waals surface area contributed by atoms with E-state index in [1.165, 1.54) is 17.8 Å². The van der Waals surface area contributed by atoms with Crippen LogP contribution in [-0.4, -0.2) is 21.2 Å². The molecule has 0 amide bonds. The summed E-state index contributed by atoms with van der Waals surface area (Å²) in [5.74, 6) is 1.20. The number of hydrogen-bond acceptors (Lipinski definition) is 3. The molecule has 3 aromatic heterocycles. The molecule has 0 aliphatic heterocycles. The number of hydrogen-bond donors (Lipinski definition) is 1. The first-order valence-corrected chi connectivity index (χ1v) is 7.78. The summed E-state index contributed by atoms with van der Waals surface area (Å²) >= 11 is 0. The van der Waals surface area contributed by atoms with Crippen molar-refractivity contribution in [3.05, 3.63) is 52.7 Å². The van der Waals surface area contributed by atoms with Gasteiger partial charge in [0.1, 0.15) is 5.82 Å². The third kappa shape index (κ3) is 2.36. The van der Waals surface area contributed by atoms with Gasteiger partial charge in [-0.3, -0.25) is 9.36 Å². The smallest absolute Gasteiger partial charge is 0.321 e. The van der Waals surface area contributed by atoms with Crippen molar-refractivity contribution in [2.24, 2.45) is 0 Å². The molecule has 0 atom stereocenters. The Bertz CT molecular complexity index is 972. The van der Waals surface area contributed by atoms with E-state index < -0.39 is 12.1 Å². The van der Waals surface area contributed by atoms with Crippen LogP contribution in [0.5, 0.6) is 0 Å². The van der Waals surface area contributed by atoms with E-state index in [0.29, 0.717) is 22.0 Å². The standard InChI is InChI=1S/C17H16F2N4O/c1-20-15-6-14-12(7-21-15)13(10-2-3-10)9-22(14)11-4-5-16(24)23(8-11)17(18)19/h4-10,17H,2-3H2,1H3,(H,20,21). The van der Waals surface area contributed by atoms with Crippen LogP contribution in [-0.2, 0) is 0 Å². The lowest BCUT2D eigenvalue weighted by atomic mass is 10.1. The van der Waals surface area contributed by atoms with Crippen LogP contribution in [0.4, 0.5) is 14.6 Å². The highest BCUT2D eigenvalue weighted by Crippen LogP contribution is 2.44. The van der Waals surface area contributed by atoms with E-state index >= 15 is 0 Å². The van der Waals surface area contributed by atoms with Crippen LogP contribution in [0.1, 0.15) is 30.9 Å². The summed E-state index contributed by atoms with van der Waals surface area (Å²) in [5, 5.41) is 4.01. The molecule has 0 aromatic carbocycles. The second-order valence-corrected chi connectivity index (χ2v) is 5.98. The fourth-order valence-corrected chi connectivity index (χ4v) is 3.00. The first kappa shape index (κ1) is 14.9. The van der Waals surface area contributed by atoms with Gasteiger partial charge in [0.15, 0.2) is 0 Å². The zero-order chi connectivity index (χ0) is 16.8. The highest BCUT2D eigenvalue weighted by molar-refractivity contribution is 5.87. The van der Waals surface area contributed by atoms with Crippen LogP contribution in [0.2, 0.25) is 0 Å². The van der Waals surface area contributed by atoms with Crippen LogP contribution < -0.4 is 10.9 Å². The van der Waals surface area contributed by atoms with E-state index in [1.807, 2.05) is 23.0 Å². The molecule has 0 radical (unpaired) electrons. The first-order chi connectivity index (χ1) is 11.6. The molecule has 0 saturated heterocycles. The van der Waals surface area contributed by atoms with Gasteiger partial charge in [0.25, 0.3) is 5.56 Å². The number of aromatic nitrogens is 3. The predicted molar refractivity (Wildman–Crippen MR) is 88.1 cm³/mol. The molecule has 5 nitrogen and oxygen atoms in total. The third-order valence-electron chi connectivity index (χ3n) is 4.41. The topological polar surface area (TPSA) is 51.9 Å². The summed E-state index contributed by atoms with van der Waals surface area (Å²) in [7, 11) is 1.78. The molecule has 0 unspecified atom stereocenters. The first-order valence-electron chi connectivity index (χ1n) is 7.78. The van der Waals surface area contributed by atoms with Gasteiger partial charge in [-0.05, 0) is 30.4 Å². The average molecular weight is 330 g/mol. The minimum Gasteiger partial charge on any atom is -0.373 e. The summed E-state index contributed by atoms with van der Waals surface area (Å²) in [6, 6.07) is 4.63. The molecule has 24 heavy (non-hydrogen) atoms. The van der Waals surface area contributed by atoms with Crippen LogP contribution >= 0.6 is 0 Å². The lowest BCUT2D eigenvalue weighted by Gasteiger charge is -2.10. The van der Waals surface area contributed by atoms with Crippen molar-refractivity contribution in [3.8, 4) is 5.69 Å². The van der Waals surface area contributed by atoms with Gasteiger partial charge in [-0.15, -0.1) is 0 Å². The number of alkyl halides is 2. The van der Waals surface area contributed by atoms with E-state index in [9.17, 15) is 13.6 Å². The summed E-state index contributed by atoms with van der Waals surface area (Å²) in [6.45, 7) is -2.86. The van der Waals surface area contributed by atoms with Crippen LogP contribution in [0.15, 0.2) is 41.6 Å². The van der Waals surface area contributed by atoms with E-state index in [1.54, 1.807) is 13.1 Å². The summed E-state index contributed by atoms with van der Waals surface area (Å²) in [6.07, 6.45) is 7.24. The van der Waals surface area contributed by atoms with E-state index in [-0.39, 0.29) is 0 Å². The number of nitrogens with one attached hydrogen (secondary N) is 1. The molecule has 1 saturated carbocycles. The molecule has 0 bridgehead atoms. The van der Waals surface area contributed by atoms with Crippen molar-refractivity contribution in [1.29, 1.82) is 0 Å². The highest BCUT2D eigenvalue weighted by atomic mass is 19.3. The Hall–Kier alpha value is -2.70. The largest absolute Gasteiger partial charge is 0.373 e. The van der Waals surface area contributed by atoms with E-state index in [4.69, 9.17) is 0 Å². The normalized spacial score (nSPS) is 14.5. The monoisotopic (exact) mass is 330 g/mol. The van der Waals surface area contributed by atoms with Crippen LogP contribution in [0.3, 0.4) is 0 Å². The maximum atomic E-state index is 13.0. The Kier molecular flexibility index (Phi) is 3.37. The Morgan fingerprint density at radius 3 is 2.75 bits per heavy atom. The summed E-state index contributed by atoms with van der Waals surface area (Å²) < 4.78 is 28.4. The Labute approximate surface area is 136 Å². The fraction of sp³-hybridized carbons (Fsp3) is 0.294. The van der Waals surface area contributed by atoms with E-state index in [2.05, 4.69) is 10.3 Å². The molecule has 1 fully saturated rings. The van der Waals surface area contributed by atoms with Gasteiger partial charge in [-0.1, -0.05) is 0 Å². The number of rotatable bonds is 4. The molecule has 3 aromatic rings. The van der Waals surface area contributed by atoms with Gasteiger partial charge < -0.3 is 9.88 Å². The fourth-order valence-electron chi connectivity index (χ4n) is 3.00. The van der Waals surface area contributed by atoms with Gasteiger partial charge in [-0.25, -0.2) is 4.98 Å². The molecule has 0 spiro atoms. The minimum absolute atomic E-state index is 0.443. The Morgan fingerprint density at radius 2 is 2.08 bits per heavy atom. The Balaban J connectivity index is 1.96. The quantitative estimate of drug-likeness (QED) is 0.796. The van der Waals surface area contributed by atoms with Gasteiger partial charge in [-0.2, -0.15) is 8.78 Å². The predicted octanol–water partition coefficient (Wildman–Crippen LogP) is 3.50. The lowest BCUT2D eigenvalue weighted by Crippen LogP contribution is -2.19. The SMILES string of the molecule is CNc1cc2c(cn1)c(C1CC1)cn2-c1ccc(=O)n(C(F)F)c1. The van der Waals surface area contributed by atoms with Crippen molar-refractivity contribution in [1.82, 2.24) is 14.1 Å². The molecule has 7 heteroatoms. The lowest BCUT2D eigenvalue weighted by molar-refractivity contribution is 0.0663. The maximum Gasteiger partial charge on any atom is 0.321 e. The van der Waals surface area contributed by atoms with Crippen molar-refractivity contribution in [2.45, 2.75) is 25.3 Å². The number of pyridine rings is 2. The van der Waals surface area contributed by atoms with Gasteiger partial charge in [0.2, 0.25) is 0 Å². The third-order valence-corrected chi connectivity index (χ3v) is 4.41. The van der Waals surface area contributed by atoms with Crippen LogP contribution in [0, 0.1) is 0 Å². The second kappa shape index (κ2) is 5.43. The zero-order valence-electron chi connectivity index (χ0n) is 13.0. The molecule has 1 aliphatic rings. The van der Waals surface area contributed by atoms with Crippen molar-refractivity contribution >= 4 is 16.7 Å². The Morgan fingerprint density at radius 1 is 1.29 bits per heavy atom. The molecule has 1 N–H and O–H groups in total. The summed E-state index contributed by atoms with van der Waals surface area (Å²) in [5.41, 5.74) is 1.87. The minimum atomic E-state index is -2.86. The number of halogens is 2. The number of fused-ring (bicyclic) bond motifs is 1. The zero-order valence-corrected chi connectivity index (χ0v) is 13.0. The van der Waals surface area contributed by atoms with Gasteiger partial charge in [0.05, 0.1) is 11.2 Å². The van der Waals surface area contributed by atoms with E-state index in [0.717, 1.165) is 23.7 Å². The maximum absolute atomic E-state index is 13.0. The van der Waals surface area contributed by atoms with Crippen molar-refractivity contribution < 1.29 is 8.78 Å². The second-order valence-electron chi connectivity index (χ2n) is 5.98. The molecule has 124 valence electrons. The number of anilines is 1. The molecule has 3 heterocycles. The number of nitrogens with zero attached hydrogens (tertiary/aromatic N) is 3. The van der Waals surface area contributed by atoms with Gasteiger partial charge >= 0.3 is 6.55 Å². The molecular formula is C17H16F2N4O. The van der Waals surface area contributed by atoms with Crippen molar-refractivity contribution in [3.63, 3.8) is 0 Å². The molecular weight excluding hydrogens is 314 g/mol. The average Bonchev–Trinajstić information content (AvgIpc) is 3.36. The molecule has 4 rings (SSSR count). The van der Waals surface area contributed by atoms with Crippen molar-refractivity contribution in [2.75, 3.05) is 12.4 Å². The van der Waals surface area contributed by atoms with Crippen LogP contribution in [0.25, 0.3) is 16.6 Å². The van der Waals surface area contributed by atoms with Gasteiger partial charge in [0, 0.05) is 43.2 Å². The summed E-state index contributed by atoms with van der Waals surface area (Å²) in [4.78, 5) is 15.9. The highest BCUT2D eigenvalue weighted by Gasteiger charge is 2.28. The molecule has 1 aliphatic carbocycles.